The largest absolute Gasteiger partial charge is 0.385 e. The van der Waals surface area contributed by atoms with Gasteiger partial charge in [0.05, 0.1) is 12.0 Å². The first kappa shape index (κ1) is 20.9. The predicted octanol–water partition coefficient (Wildman–Crippen LogP) is 2.51. The van der Waals surface area contributed by atoms with Crippen LogP contribution in [-0.4, -0.2) is 42.2 Å². The molecule has 1 aromatic heterocycles. The number of hydrogen-bond donors (Lipinski definition) is 2. The molecule has 1 fully saturated rings. The minimum atomic E-state index is -0.584. The molecule has 0 saturated heterocycles. The molecule has 1 heterocycles. The number of hydrogen-bond acceptors (Lipinski definition) is 4. The maximum atomic E-state index is 13.0. The van der Waals surface area contributed by atoms with Gasteiger partial charge in [0.15, 0.2) is 0 Å². The summed E-state index contributed by atoms with van der Waals surface area (Å²) in [6.45, 7) is 0.407. The standard InChI is InChI=1S/C22H28N4O3/c1-26-19-10-6-3-7-15(19)13-20(26)22(28)25-18-9-5-4-8-17(18)21(27)24-16(14-23)11-12-29-2/h3,6-7,10,13,16-18H,4-5,8-9,11-12H2,1-2H3,(H,24,27)(H,25,28)/t16-,17+,18-/m0/s1. The Balaban J connectivity index is 1.70. The van der Waals surface area contributed by atoms with Crippen LogP contribution in [0.25, 0.3) is 10.9 Å². The normalized spacial score (nSPS) is 20.0. The number of para-hydroxylation sites is 1. The zero-order valence-electron chi connectivity index (χ0n) is 17.0. The van der Waals surface area contributed by atoms with Crippen molar-refractivity contribution >= 4 is 22.7 Å². The summed E-state index contributed by atoms with van der Waals surface area (Å²) >= 11 is 0. The van der Waals surface area contributed by atoms with E-state index in [2.05, 4.69) is 16.7 Å². The average Bonchev–Trinajstić information content (AvgIpc) is 3.08. The van der Waals surface area contributed by atoms with Crippen LogP contribution in [0.5, 0.6) is 0 Å². The topological polar surface area (TPSA) is 96.2 Å². The highest BCUT2D eigenvalue weighted by Gasteiger charge is 2.33. The van der Waals surface area contributed by atoms with Crippen LogP contribution in [0.4, 0.5) is 0 Å². The Morgan fingerprint density at radius 2 is 2.07 bits per heavy atom. The van der Waals surface area contributed by atoms with E-state index in [1.807, 2.05) is 41.9 Å². The van der Waals surface area contributed by atoms with Crippen molar-refractivity contribution in [1.29, 1.82) is 5.26 Å². The van der Waals surface area contributed by atoms with Crippen LogP contribution < -0.4 is 10.6 Å². The van der Waals surface area contributed by atoms with Crippen molar-refractivity contribution in [3.05, 3.63) is 36.0 Å². The minimum absolute atomic E-state index is 0.172. The van der Waals surface area contributed by atoms with E-state index in [-0.39, 0.29) is 23.8 Å². The van der Waals surface area contributed by atoms with Crippen LogP contribution in [0.2, 0.25) is 0 Å². The lowest BCUT2D eigenvalue weighted by Crippen LogP contribution is -2.50. The Hall–Kier alpha value is -2.85. The van der Waals surface area contributed by atoms with E-state index in [4.69, 9.17) is 4.74 Å². The highest BCUT2D eigenvalue weighted by atomic mass is 16.5. The third-order valence-corrected chi connectivity index (χ3v) is 5.69. The van der Waals surface area contributed by atoms with E-state index in [0.717, 1.165) is 30.2 Å². The first-order chi connectivity index (χ1) is 14.0. The number of nitriles is 1. The van der Waals surface area contributed by atoms with Gasteiger partial charge in [-0.3, -0.25) is 9.59 Å². The molecule has 0 spiro atoms. The summed E-state index contributed by atoms with van der Waals surface area (Å²) in [5.41, 5.74) is 1.57. The van der Waals surface area contributed by atoms with Crippen molar-refractivity contribution in [3.63, 3.8) is 0 Å². The highest BCUT2D eigenvalue weighted by Crippen LogP contribution is 2.26. The second-order valence-corrected chi connectivity index (χ2v) is 7.59. The summed E-state index contributed by atoms with van der Waals surface area (Å²) in [6, 6.07) is 11.0. The fourth-order valence-electron chi connectivity index (χ4n) is 4.05. The summed E-state index contributed by atoms with van der Waals surface area (Å²) in [4.78, 5) is 25.8. The number of carbonyl (C=O) groups is 2. The lowest BCUT2D eigenvalue weighted by Gasteiger charge is -2.31. The number of amides is 2. The molecule has 154 valence electrons. The van der Waals surface area contributed by atoms with Gasteiger partial charge in [-0.2, -0.15) is 5.26 Å². The van der Waals surface area contributed by atoms with Crippen molar-refractivity contribution in [3.8, 4) is 6.07 Å². The number of fused-ring (bicyclic) bond motifs is 1. The van der Waals surface area contributed by atoms with E-state index in [0.29, 0.717) is 25.1 Å². The van der Waals surface area contributed by atoms with Crippen molar-refractivity contribution in [1.82, 2.24) is 15.2 Å². The number of aryl methyl sites for hydroxylation is 1. The summed E-state index contributed by atoms with van der Waals surface area (Å²) in [7, 11) is 3.44. The van der Waals surface area contributed by atoms with Gasteiger partial charge in [-0.05, 0) is 25.0 Å². The smallest absolute Gasteiger partial charge is 0.268 e. The highest BCUT2D eigenvalue weighted by molar-refractivity contribution is 5.99. The van der Waals surface area contributed by atoms with Gasteiger partial charge in [0, 0.05) is 44.1 Å². The first-order valence-corrected chi connectivity index (χ1v) is 10.1. The van der Waals surface area contributed by atoms with Gasteiger partial charge in [-0.25, -0.2) is 0 Å². The van der Waals surface area contributed by atoms with Gasteiger partial charge >= 0.3 is 0 Å². The van der Waals surface area contributed by atoms with Crippen molar-refractivity contribution in [2.45, 2.75) is 44.2 Å². The zero-order valence-corrected chi connectivity index (χ0v) is 17.0. The molecule has 0 unspecified atom stereocenters. The van der Waals surface area contributed by atoms with Crippen LogP contribution in [0.1, 0.15) is 42.6 Å². The molecule has 2 amide bonds. The Labute approximate surface area is 171 Å². The molecule has 0 bridgehead atoms. The van der Waals surface area contributed by atoms with Crippen molar-refractivity contribution in [2.75, 3.05) is 13.7 Å². The molecule has 29 heavy (non-hydrogen) atoms. The van der Waals surface area contributed by atoms with Crippen LogP contribution in [0, 0.1) is 17.2 Å². The number of carbonyl (C=O) groups excluding carboxylic acids is 2. The molecule has 1 saturated carbocycles. The molecule has 3 atom stereocenters. The lowest BCUT2D eigenvalue weighted by molar-refractivity contribution is -0.127. The molecule has 0 aliphatic heterocycles. The Morgan fingerprint density at radius 3 is 2.79 bits per heavy atom. The molecule has 0 radical (unpaired) electrons. The van der Waals surface area contributed by atoms with Gasteiger partial charge in [0.2, 0.25) is 5.91 Å². The Bertz CT molecular complexity index is 914. The number of ether oxygens (including phenoxy) is 1. The summed E-state index contributed by atoms with van der Waals surface area (Å²) in [5, 5.41) is 16.2. The van der Waals surface area contributed by atoms with E-state index >= 15 is 0 Å². The van der Waals surface area contributed by atoms with Crippen molar-refractivity contribution < 1.29 is 14.3 Å². The number of nitrogens with one attached hydrogen (secondary N) is 2. The summed E-state index contributed by atoms with van der Waals surface area (Å²) in [5.74, 6) is -0.680. The molecule has 7 nitrogen and oxygen atoms in total. The van der Waals surface area contributed by atoms with Crippen LogP contribution >= 0.6 is 0 Å². The number of benzene rings is 1. The van der Waals surface area contributed by atoms with Gasteiger partial charge in [0.1, 0.15) is 11.7 Å². The second kappa shape index (κ2) is 9.57. The predicted molar refractivity (Wildman–Crippen MR) is 110 cm³/mol. The fourth-order valence-corrected chi connectivity index (χ4v) is 4.05. The third kappa shape index (κ3) is 4.77. The average molecular weight is 396 g/mol. The maximum Gasteiger partial charge on any atom is 0.268 e. The van der Waals surface area contributed by atoms with Gasteiger partial charge in [-0.15, -0.1) is 0 Å². The molecule has 2 aromatic rings. The molecule has 1 aromatic carbocycles. The molecular weight excluding hydrogens is 368 g/mol. The monoisotopic (exact) mass is 396 g/mol. The van der Waals surface area contributed by atoms with E-state index in [1.54, 1.807) is 7.11 Å². The Kier molecular flexibility index (Phi) is 6.89. The van der Waals surface area contributed by atoms with Crippen LogP contribution in [0.3, 0.4) is 0 Å². The summed E-state index contributed by atoms with van der Waals surface area (Å²) < 4.78 is 6.87. The summed E-state index contributed by atoms with van der Waals surface area (Å²) in [6.07, 6.45) is 3.80. The zero-order chi connectivity index (χ0) is 20.8. The number of methoxy groups -OCH3 is 1. The van der Waals surface area contributed by atoms with Gasteiger partial charge in [0.25, 0.3) is 5.91 Å². The van der Waals surface area contributed by atoms with E-state index in [9.17, 15) is 14.9 Å². The van der Waals surface area contributed by atoms with Gasteiger partial charge < -0.3 is 19.9 Å². The molecular formula is C22H28N4O3. The van der Waals surface area contributed by atoms with Crippen LogP contribution in [0.15, 0.2) is 30.3 Å². The van der Waals surface area contributed by atoms with E-state index < -0.39 is 6.04 Å². The third-order valence-electron chi connectivity index (χ3n) is 5.69. The minimum Gasteiger partial charge on any atom is -0.385 e. The SMILES string of the molecule is COCC[C@@H](C#N)NC(=O)[C@@H]1CCCC[C@@H]1NC(=O)c1cc2ccccc2n1C. The molecule has 1 aliphatic rings. The fraction of sp³-hybridized carbons (Fsp3) is 0.500. The second-order valence-electron chi connectivity index (χ2n) is 7.59. The number of nitrogens with zero attached hydrogens (tertiary/aromatic N) is 2. The Morgan fingerprint density at radius 1 is 1.31 bits per heavy atom. The van der Waals surface area contributed by atoms with E-state index in [1.165, 1.54) is 0 Å². The first-order valence-electron chi connectivity index (χ1n) is 10.1. The molecule has 3 rings (SSSR count). The lowest BCUT2D eigenvalue weighted by atomic mass is 9.83. The quantitative estimate of drug-likeness (QED) is 0.752. The molecule has 1 aliphatic carbocycles. The van der Waals surface area contributed by atoms with Crippen LogP contribution in [-0.2, 0) is 16.6 Å². The maximum absolute atomic E-state index is 13.0. The number of aromatic nitrogens is 1. The molecule has 7 heteroatoms. The number of rotatable bonds is 7. The van der Waals surface area contributed by atoms with Gasteiger partial charge in [-0.1, -0.05) is 31.0 Å². The van der Waals surface area contributed by atoms with Crippen molar-refractivity contribution in [2.24, 2.45) is 13.0 Å². The molecule has 2 N–H and O–H groups in total.